The first-order chi connectivity index (χ1) is 18.2. The van der Waals surface area contributed by atoms with Gasteiger partial charge in [-0.2, -0.15) is 18.3 Å². The molecule has 3 aliphatic rings. The fraction of sp³-hybridized carbons (Fsp3) is 0.556. The molecule has 2 aliphatic heterocycles. The number of hydrogen-bond donors (Lipinski definition) is 0. The number of carbonyl (C=O) groups is 3. The van der Waals surface area contributed by atoms with Gasteiger partial charge in [0.15, 0.2) is 0 Å². The number of alkyl halides is 3. The van der Waals surface area contributed by atoms with Crippen molar-refractivity contribution < 1.29 is 36.7 Å². The van der Waals surface area contributed by atoms with Gasteiger partial charge < -0.3 is 14.5 Å². The van der Waals surface area contributed by atoms with Crippen LogP contribution in [0.2, 0.25) is 0 Å². The maximum Gasteiger partial charge on any atom is 0.416 e. The predicted octanol–water partition coefficient (Wildman–Crippen LogP) is 3.60. The Morgan fingerprint density at radius 1 is 1.10 bits per heavy atom. The summed E-state index contributed by atoms with van der Waals surface area (Å²) in [7, 11) is 0. The normalized spacial score (nSPS) is 23.1. The molecule has 3 fully saturated rings. The number of ether oxygens (including phenoxy) is 1. The second kappa shape index (κ2) is 9.34. The van der Waals surface area contributed by atoms with E-state index in [1.54, 1.807) is 11.8 Å². The monoisotopic (exact) mass is 550 g/mol. The van der Waals surface area contributed by atoms with Crippen LogP contribution in [0.3, 0.4) is 0 Å². The highest BCUT2D eigenvalue weighted by Gasteiger charge is 2.62. The van der Waals surface area contributed by atoms with Gasteiger partial charge in [0.2, 0.25) is 5.91 Å². The lowest BCUT2D eigenvalue weighted by molar-refractivity contribution is -0.162. The molecule has 210 valence electrons. The van der Waals surface area contributed by atoms with Gasteiger partial charge in [0.1, 0.15) is 5.82 Å². The first-order valence-electron chi connectivity index (χ1n) is 12.9. The van der Waals surface area contributed by atoms with Crippen LogP contribution in [-0.4, -0.2) is 70.1 Å². The summed E-state index contributed by atoms with van der Waals surface area (Å²) in [5.41, 5.74) is -1.78. The maximum absolute atomic E-state index is 13.5. The van der Waals surface area contributed by atoms with Crippen molar-refractivity contribution >= 4 is 17.8 Å². The summed E-state index contributed by atoms with van der Waals surface area (Å²) in [5, 5.41) is 4.04. The molecule has 0 N–H and O–H groups in total. The molecule has 5 rings (SSSR count). The molecule has 1 unspecified atom stereocenters. The van der Waals surface area contributed by atoms with E-state index in [1.807, 2.05) is 13.8 Å². The van der Waals surface area contributed by atoms with Crippen LogP contribution in [0.5, 0.6) is 0 Å². The SMILES string of the molecule is CCOC(=O)C1CN(C(=O)c2cnn(Cc3ccc(F)cc3C(F)(F)F)c2)CC12CN(C(=O)[C@H]1CC1(C)C)C2. The van der Waals surface area contributed by atoms with E-state index in [-0.39, 0.29) is 54.6 Å². The van der Waals surface area contributed by atoms with E-state index in [2.05, 4.69) is 5.10 Å². The van der Waals surface area contributed by atoms with Crippen molar-refractivity contribution in [2.24, 2.45) is 22.7 Å². The van der Waals surface area contributed by atoms with E-state index in [4.69, 9.17) is 4.74 Å². The van der Waals surface area contributed by atoms with Gasteiger partial charge in [0.05, 0.1) is 36.4 Å². The summed E-state index contributed by atoms with van der Waals surface area (Å²) < 4.78 is 60.1. The number of likely N-dealkylation sites (tertiary alicyclic amines) is 2. The second-order valence-electron chi connectivity index (χ2n) is 11.5. The molecule has 1 saturated carbocycles. The van der Waals surface area contributed by atoms with Crippen LogP contribution in [0.1, 0.15) is 48.7 Å². The van der Waals surface area contributed by atoms with Gasteiger partial charge >= 0.3 is 12.1 Å². The third-order valence-electron chi connectivity index (χ3n) is 8.23. The number of carbonyl (C=O) groups excluding carboxylic acids is 3. The Bertz CT molecular complexity index is 1320. The zero-order valence-electron chi connectivity index (χ0n) is 21.9. The fourth-order valence-corrected chi connectivity index (χ4v) is 5.86. The number of amides is 2. The van der Waals surface area contributed by atoms with E-state index in [0.29, 0.717) is 19.2 Å². The molecule has 1 spiro atoms. The molecule has 8 nitrogen and oxygen atoms in total. The number of aromatic nitrogens is 2. The molecule has 0 bridgehead atoms. The zero-order chi connectivity index (χ0) is 28.3. The highest BCUT2D eigenvalue weighted by Crippen LogP contribution is 2.54. The van der Waals surface area contributed by atoms with Crippen molar-refractivity contribution in [1.82, 2.24) is 19.6 Å². The van der Waals surface area contributed by atoms with E-state index in [1.165, 1.54) is 22.0 Å². The molecule has 1 aromatic heterocycles. The number of nitrogens with zero attached hydrogens (tertiary/aromatic N) is 4. The topological polar surface area (TPSA) is 84.7 Å². The zero-order valence-corrected chi connectivity index (χ0v) is 21.9. The predicted molar refractivity (Wildman–Crippen MR) is 130 cm³/mol. The number of halogens is 4. The van der Waals surface area contributed by atoms with Crippen LogP contribution < -0.4 is 0 Å². The average molecular weight is 551 g/mol. The summed E-state index contributed by atoms with van der Waals surface area (Å²) >= 11 is 0. The largest absolute Gasteiger partial charge is 0.466 e. The Morgan fingerprint density at radius 2 is 1.77 bits per heavy atom. The highest BCUT2D eigenvalue weighted by molar-refractivity contribution is 5.95. The van der Waals surface area contributed by atoms with Crippen LogP contribution in [0, 0.1) is 28.5 Å². The van der Waals surface area contributed by atoms with Gasteiger partial charge in [-0.1, -0.05) is 19.9 Å². The summed E-state index contributed by atoms with van der Waals surface area (Å²) in [5.74, 6) is -2.40. The Balaban J connectivity index is 1.30. The van der Waals surface area contributed by atoms with Gasteiger partial charge in [-0.3, -0.25) is 19.1 Å². The number of hydrogen-bond acceptors (Lipinski definition) is 5. The molecule has 1 aliphatic carbocycles. The minimum absolute atomic E-state index is 0.0208. The van der Waals surface area contributed by atoms with Crippen LogP contribution >= 0.6 is 0 Å². The van der Waals surface area contributed by atoms with Crippen LogP contribution in [0.25, 0.3) is 0 Å². The molecule has 0 radical (unpaired) electrons. The average Bonchev–Trinajstić information content (AvgIpc) is 3.17. The summed E-state index contributed by atoms with van der Waals surface area (Å²) in [6, 6.07) is 2.42. The molecular formula is C27H30F4N4O4. The Hall–Kier alpha value is -3.44. The van der Waals surface area contributed by atoms with Crippen molar-refractivity contribution in [3.05, 3.63) is 53.1 Å². The van der Waals surface area contributed by atoms with Crippen molar-refractivity contribution in [2.75, 3.05) is 32.8 Å². The third-order valence-corrected chi connectivity index (χ3v) is 8.23. The Labute approximate surface area is 222 Å². The quantitative estimate of drug-likeness (QED) is 0.406. The van der Waals surface area contributed by atoms with Gasteiger partial charge in [0.25, 0.3) is 5.91 Å². The maximum atomic E-state index is 13.5. The molecule has 39 heavy (non-hydrogen) atoms. The lowest BCUT2D eigenvalue weighted by Gasteiger charge is -2.50. The molecule has 2 aromatic rings. The summed E-state index contributed by atoms with van der Waals surface area (Å²) in [4.78, 5) is 42.3. The van der Waals surface area contributed by atoms with Gasteiger partial charge in [-0.15, -0.1) is 0 Å². The molecule has 2 amide bonds. The molecule has 3 heterocycles. The van der Waals surface area contributed by atoms with Crippen molar-refractivity contribution in [3.8, 4) is 0 Å². The smallest absolute Gasteiger partial charge is 0.416 e. The van der Waals surface area contributed by atoms with Gasteiger partial charge in [0, 0.05) is 43.7 Å². The van der Waals surface area contributed by atoms with E-state index in [0.717, 1.165) is 18.6 Å². The lowest BCUT2D eigenvalue weighted by atomic mass is 9.71. The minimum atomic E-state index is -4.75. The first kappa shape index (κ1) is 27.1. The third kappa shape index (κ3) is 5.00. The van der Waals surface area contributed by atoms with Crippen molar-refractivity contribution in [2.45, 2.75) is 39.9 Å². The standard InChI is InChI=1S/C27H30F4N4O4/c1-4-39-24(38)21-12-33(13-26(21)14-34(15-26)23(37)20-8-25(20,2)3)22(36)17-9-32-35(11-17)10-16-5-6-18(28)7-19(16)27(29,30)31/h5-7,9,11,20-21H,4,8,10,12-15H2,1-3H3/t20-,21?/m1/s1. The van der Waals surface area contributed by atoms with Gasteiger partial charge in [-0.25, -0.2) is 4.39 Å². The Morgan fingerprint density at radius 3 is 2.38 bits per heavy atom. The van der Waals surface area contributed by atoms with Crippen molar-refractivity contribution in [1.29, 1.82) is 0 Å². The van der Waals surface area contributed by atoms with E-state index < -0.39 is 40.8 Å². The minimum Gasteiger partial charge on any atom is -0.466 e. The summed E-state index contributed by atoms with van der Waals surface area (Å²) in [6.07, 6.45) is -1.33. The van der Waals surface area contributed by atoms with Crippen LogP contribution in [-0.2, 0) is 27.0 Å². The molecule has 2 atom stereocenters. The molecule has 12 heteroatoms. The molecular weight excluding hydrogens is 520 g/mol. The number of rotatable bonds is 6. The van der Waals surface area contributed by atoms with Gasteiger partial charge in [-0.05, 0) is 36.5 Å². The van der Waals surface area contributed by atoms with E-state index in [9.17, 15) is 31.9 Å². The summed E-state index contributed by atoms with van der Waals surface area (Å²) in [6.45, 7) is 6.73. The first-order valence-corrected chi connectivity index (χ1v) is 12.9. The number of benzene rings is 1. The van der Waals surface area contributed by atoms with E-state index >= 15 is 0 Å². The van der Waals surface area contributed by atoms with Crippen LogP contribution in [0.15, 0.2) is 30.6 Å². The fourth-order valence-electron chi connectivity index (χ4n) is 5.86. The molecule has 2 saturated heterocycles. The number of esters is 1. The lowest BCUT2D eigenvalue weighted by Crippen LogP contribution is -2.63. The Kier molecular flexibility index (Phi) is 6.50. The molecule has 1 aromatic carbocycles. The van der Waals surface area contributed by atoms with Crippen LogP contribution in [0.4, 0.5) is 17.6 Å². The van der Waals surface area contributed by atoms with Crippen molar-refractivity contribution in [3.63, 3.8) is 0 Å². The highest BCUT2D eigenvalue weighted by atomic mass is 19.4. The second-order valence-corrected chi connectivity index (χ2v) is 11.5.